The summed E-state index contributed by atoms with van der Waals surface area (Å²) in [5.41, 5.74) is 15.1. The van der Waals surface area contributed by atoms with Gasteiger partial charge in [-0.1, -0.05) is 95.6 Å². The van der Waals surface area contributed by atoms with Gasteiger partial charge in [0.25, 0.3) is 0 Å². The van der Waals surface area contributed by atoms with Crippen molar-refractivity contribution in [3.8, 4) is 22.3 Å². The van der Waals surface area contributed by atoms with E-state index in [1.165, 1.54) is 61.2 Å². The average Bonchev–Trinajstić information content (AvgIpc) is 2.71. The Morgan fingerprint density at radius 1 is 0.414 bits per heavy atom. The second kappa shape index (κ2) is 7.04. The van der Waals surface area contributed by atoms with Crippen LogP contribution in [0.15, 0.2) is 78.9 Å². The Hall–Kier alpha value is -3.12. The summed E-state index contributed by atoms with van der Waals surface area (Å²) in [6.07, 6.45) is 1.90. The minimum atomic E-state index is 0.951. The minimum Gasteiger partial charge on any atom is -0.0619 e. The van der Waals surface area contributed by atoms with Crippen molar-refractivity contribution < 1.29 is 0 Å². The molecule has 142 valence electrons. The molecule has 0 spiro atoms. The molecule has 0 radical (unpaired) electrons. The first-order valence-electron chi connectivity index (χ1n) is 10.5. The van der Waals surface area contributed by atoms with Crippen molar-refractivity contribution in [3.05, 3.63) is 118 Å². The molecule has 1 aliphatic rings. The summed E-state index contributed by atoms with van der Waals surface area (Å²) in [5, 5.41) is 0. The van der Waals surface area contributed by atoms with Gasteiger partial charge >= 0.3 is 0 Å². The molecule has 4 aromatic rings. The molecule has 0 fully saturated rings. The highest BCUT2D eigenvalue weighted by atomic mass is 14.2. The fourth-order valence-electron chi connectivity index (χ4n) is 4.67. The van der Waals surface area contributed by atoms with E-state index in [-0.39, 0.29) is 0 Å². The van der Waals surface area contributed by atoms with Crippen LogP contribution < -0.4 is 0 Å². The van der Waals surface area contributed by atoms with Crippen LogP contribution in [-0.4, -0.2) is 0 Å². The monoisotopic (exact) mass is 374 g/mol. The van der Waals surface area contributed by atoms with Crippen molar-refractivity contribution in [3.63, 3.8) is 0 Å². The zero-order chi connectivity index (χ0) is 20.0. The highest BCUT2D eigenvalue weighted by molar-refractivity contribution is 5.78. The number of hydrogen-bond acceptors (Lipinski definition) is 0. The van der Waals surface area contributed by atoms with Crippen LogP contribution in [0.4, 0.5) is 0 Å². The highest BCUT2D eigenvalue weighted by Gasteiger charge is 2.18. The van der Waals surface area contributed by atoms with E-state index in [0.29, 0.717) is 0 Å². The molecule has 1 aliphatic carbocycles. The van der Waals surface area contributed by atoms with Gasteiger partial charge in [0.1, 0.15) is 0 Å². The molecule has 0 unspecified atom stereocenters. The number of fused-ring (bicyclic) bond motifs is 6. The molecule has 0 heterocycles. The Bertz CT molecular complexity index is 1230. The number of hydrogen-bond donors (Lipinski definition) is 0. The molecular weight excluding hydrogens is 348 g/mol. The van der Waals surface area contributed by atoms with E-state index in [1.54, 1.807) is 0 Å². The van der Waals surface area contributed by atoms with Gasteiger partial charge in [-0.05, 0) is 78.1 Å². The molecule has 0 amide bonds. The van der Waals surface area contributed by atoms with Crippen molar-refractivity contribution in [2.24, 2.45) is 0 Å². The van der Waals surface area contributed by atoms with Crippen LogP contribution in [0.1, 0.15) is 38.9 Å². The zero-order valence-electron chi connectivity index (χ0n) is 17.4. The van der Waals surface area contributed by atoms with E-state index in [1.807, 2.05) is 0 Å². The maximum Gasteiger partial charge on any atom is -0.00134 e. The van der Waals surface area contributed by atoms with Gasteiger partial charge in [-0.2, -0.15) is 0 Å². The van der Waals surface area contributed by atoms with Crippen LogP contribution >= 0.6 is 0 Å². The van der Waals surface area contributed by atoms with Crippen LogP contribution in [0, 0.1) is 20.8 Å². The molecule has 0 saturated carbocycles. The minimum absolute atomic E-state index is 0.951. The molecule has 4 aromatic carbocycles. The van der Waals surface area contributed by atoms with E-state index in [2.05, 4.69) is 99.6 Å². The summed E-state index contributed by atoms with van der Waals surface area (Å²) in [5.74, 6) is 0. The lowest BCUT2D eigenvalue weighted by molar-refractivity contribution is 1.14. The molecule has 0 saturated heterocycles. The van der Waals surface area contributed by atoms with Crippen LogP contribution in [0.5, 0.6) is 0 Å². The van der Waals surface area contributed by atoms with Crippen LogP contribution in [-0.2, 0) is 12.8 Å². The van der Waals surface area contributed by atoms with E-state index >= 15 is 0 Å². The Labute approximate surface area is 173 Å². The third-order valence-corrected chi connectivity index (χ3v) is 6.15. The van der Waals surface area contributed by atoms with Crippen LogP contribution in [0.2, 0.25) is 0 Å². The van der Waals surface area contributed by atoms with E-state index in [0.717, 1.165) is 12.8 Å². The first-order chi connectivity index (χ1) is 14.1. The predicted octanol–water partition coefficient (Wildman–Crippen LogP) is 7.44. The van der Waals surface area contributed by atoms with Gasteiger partial charge in [-0.25, -0.2) is 0 Å². The Morgan fingerprint density at radius 3 is 1.59 bits per heavy atom. The largest absolute Gasteiger partial charge is 0.0619 e. The number of rotatable bonds is 0. The lowest BCUT2D eigenvalue weighted by atomic mass is 9.83. The van der Waals surface area contributed by atoms with Crippen LogP contribution in [0.25, 0.3) is 22.3 Å². The fraction of sp³-hybridized carbons (Fsp3) is 0.172. The molecule has 0 heteroatoms. The van der Waals surface area contributed by atoms with Gasteiger partial charge in [-0.3, -0.25) is 0 Å². The first kappa shape index (κ1) is 17.9. The number of aryl methyl sites for hydroxylation is 3. The molecule has 5 rings (SSSR count). The van der Waals surface area contributed by atoms with Gasteiger partial charge in [0.15, 0.2) is 0 Å². The number of benzene rings is 4. The first-order valence-corrected chi connectivity index (χ1v) is 10.5. The molecule has 29 heavy (non-hydrogen) atoms. The summed E-state index contributed by atoms with van der Waals surface area (Å²) < 4.78 is 0. The molecular formula is C29H26. The van der Waals surface area contributed by atoms with Gasteiger partial charge < -0.3 is 0 Å². The van der Waals surface area contributed by atoms with Crippen molar-refractivity contribution in [2.45, 2.75) is 33.6 Å². The fourth-order valence-corrected chi connectivity index (χ4v) is 4.67. The van der Waals surface area contributed by atoms with Crippen molar-refractivity contribution in [2.75, 3.05) is 0 Å². The zero-order valence-corrected chi connectivity index (χ0v) is 17.4. The standard InChI is InChI=1S/C29H26/c1-19-10-13-27-25(14-19)18-22-6-4-5-7-26(22)28-15-20(2)8-11-23(28)17-24-12-9-21(3)16-29(24)27/h4-16H,17-18H2,1-3H3. The Morgan fingerprint density at radius 2 is 0.897 bits per heavy atom. The normalized spacial score (nSPS) is 12.4. The van der Waals surface area contributed by atoms with E-state index < -0.39 is 0 Å². The third-order valence-electron chi connectivity index (χ3n) is 6.15. The maximum absolute atomic E-state index is 2.37. The van der Waals surface area contributed by atoms with Gasteiger partial charge in [0, 0.05) is 0 Å². The molecule has 0 atom stereocenters. The van der Waals surface area contributed by atoms with Gasteiger partial charge in [0.2, 0.25) is 0 Å². The van der Waals surface area contributed by atoms with E-state index in [9.17, 15) is 0 Å². The lowest BCUT2D eigenvalue weighted by Crippen LogP contribution is -2.03. The Kier molecular flexibility index (Phi) is 4.36. The molecule has 0 aliphatic heterocycles. The van der Waals surface area contributed by atoms with Crippen LogP contribution in [0.3, 0.4) is 0 Å². The van der Waals surface area contributed by atoms with Crippen molar-refractivity contribution in [1.29, 1.82) is 0 Å². The van der Waals surface area contributed by atoms with Gasteiger partial charge in [0.05, 0.1) is 0 Å². The highest BCUT2D eigenvalue weighted by Crippen LogP contribution is 2.38. The molecule has 0 N–H and O–H groups in total. The van der Waals surface area contributed by atoms with Crippen molar-refractivity contribution in [1.82, 2.24) is 0 Å². The summed E-state index contributed by atoms with van der Waals surface area (Å²) >= 11 is 0. The summed E-state index contributed by atoms with van der Waals surface area (Å²) in [4.78, 5) is 0. The second-order valence-corrected chi connectivity index (χ2v) is 8.49. The summed E-state index contributed by atoms with van der Waals surface area (Å²) in [6.45, 7) is 6.58. The lowest BCUT2D eigenvalue weighted by Gasteiger charge is -2.21. The Balaban J connectivity index is 1.85. The predicted molar refractivity (Wildman–Crippen MR) is 124 cm³/mol. The summed E-state index contributed by atoms with van der Waals surface area (Å²) in [7, 11) is 0. The van der Waals surface area contributed by atoms with Gasteiger partial charge in [-0.15, -0.1) is 0 Å². The molecule has 0 bridgehead atoms. The smallest absolute Gasteiger partial charge is 0.00134 e. The topological polar surface area (TPSA) is 0 Å². The van der Waals surface area contributed by atoms with E-state index in [4.69, 9.17) is 0 Å². The summed E-state index contributed by atoms with van der Waals surface area (Å²) in [6, 6.07) is 29.8. The molecule has 0 nitrogen and oxygen atoms in total. The average molecular weight is 375 g/mol. The molecule has 0 aromatic heterocycles. The quantitative estimate of drug-likeness (QED) is 0.264. The van der Waals surface area contributed by atoms with Crippen molar-refractivity contribution >= 4 is 0 Å². The second-order valence-electron chi connectivity index (χ2n) is 8.49. The SMILES string of the molecule is Cc1ccc2c(c1)Cc1ccccc1-c1cc(C)ccc1Cc1ccc(C)cc1-2. The third kappa shape index (κ3) is 3.29. The maximum atomic E-state index is 2.37.